The fourth-order valence-electron chi connectivity index (χ4n) is 4.08. The molecular weight excluding hydrogens is 406 g/mol. The molecule has 1 atom stereocenters. The predicted molar refractivity (Wildman–Crippen MR) is 121 cm³/mol. The van der Waals surface area contributed by atoms with E-state index >= 15 is 0 Å². The number of carbonyl (C=O) groups is 2. The summed E-state index contributed by atoms with van der Waals surface area (Å²) in [5.41, 5.74) is 0.620. The summed E-state index contributed by atoms with van der Waals surface area (Å²) in [5.74, 6) is -1.04. The number of hydrogen-bond acceptors (Lipinski definition) is 5. The zero-order valence-electron chi connectivity index (χ0n) is 18.1. The van der Waals surface area contributed by atoms with E-state index in [0.29, 0.717) is 10.8 Å². The number of hydrogen-bond donors (Lipinski definition) is 1. The molecule has 166 valence electrons. The highest BCUT2D eigenvalue weighted by molar-refractivity contribution is 6.02. The van der Waals surface area contributed by atoms with E-state index in [1.165, 1.54) is 11.1 Å². The number of rotatable bonds is 6. The SMILES string of the molecule is CC(OC(=O)c1nn(Cc2ccccc2)c(=O)c2ccccc12)C(=O)NC1CCCCC1. The smallest absolute Gasteiger partial charge is 0.360 e. The molecule has 3 aromatic rings. The maximum atomic E-state index is 13.0. The average Bonchev–Trinajstić information content (AvgIpc) is 2.82. The topological polar surface area (TPSA) is 90.3 Å². The van der Waals surface area contributed by atoms with Crippen LogP contribution in [0.15, 0.2) is 59.4 Å². The van der Waals surface area contributed by atoms with E-state index in [1.807, 2.05) is 30.3 Å². The van der Waals surface area contributed by atoms with Gasteiger partial charge in [-0.3, -0.25) is 9.59 Å². The van der Waals surface area contributed by atoms with Crippen LogP contribution in [0.5, 0.6) is 0 Å². The van der Waals surface area contributed by atoms with Crippen molar-refractivity contribution in [1.29, 1.82) is 0 Å². The molecule has 1 amide bonds. The third-order valence-corrected chi connectivity index (χ3v) is 5.84. The molecule has 1 fully saturated rings. The molecule has 1 heterocycles. The number of aromatic nitrogens is 2. The Hall–Kier alpha value is -3.48. The zero-order valence-corrected chi connectivity index (χ0v) is 18.1. The molecule has 0 bridgehead atoms. The number of benzene rings is 2. The summed E-state index contributed by atoms with van der Waals surface area (Å²) in [6.45, 7) is 1.78. The van der Waals surface area contributed by atoms with Crippen LogP contribution in [0.1, 0.15) is 55.1 Å². The third-order valence-electron chi connectivity index (χ3n) is 5.84. The summed E-state index contributed by atoms with van der Waals surface area (Å²) < 4.78 is 6.73. The van der Waals surface area contributed by atoms with Crippen molar-refractivity contribution in [2.75, 3.05) is 0 Å². The third kappa shape index (κ3) is 4.88. The maximum absolute atomic E-state index is 13.0. The Morgan fingerprint density at radius 1 is 1.03 bits per heavy atom. The van der Waals surface area contributed by atoms with Crippen LogP contribution in [-0.2, 0) is 16.1 Å². The molecule has 1 aromatic heterocycles. The fraction of sp³-hybridized carbons (Fsp3) is 0.360. The van der Waals surface area contributed by atoms with Crippen molar-refractivity contribution < 1.29 is 14.3 Å². The first-order chi connectivity index (χ1) is 15.5. The van der Waals surface area contributed by atoms with E-state index in [1.54, 1.807) is 31.2 Å². The van der Waals surface area contributed by atoms with Gasteiger partial charge in [-0.25, -0.2) is 9.48 Å². The predicted octanol–water partition coefficient (Wildman–Crippen LogP) is 3.44. The summed E-state index contributed by atoms with van der Waals surface area (Å²) in [6, 6.07) is 16.4. The van der Waals surface area contributed by atoms with Crippen molar-refractivity contribution in [1.82, 2.24) is 15.1 Å². The van der Waals surface area contributed by atoms with Crippen LogP contribution in [0.25, 0.3) is 10.8 Å². The molecule has 1 N–H and O–H groups in total. The van der Waals surface area contributed by atoms with Gasteiger partial charge < -0.3 is 10.1 Å². The van der Waals surface area contributed by atoms with Crippen molar-refractivity contribution in [3.63, 3.8) is 0 Å². The van der Waals surface area contributed by atoms with Crippen LogP contribution in [0.2, 0.25) is 0 Å². The van der Waals surface area contributed by atoms with Gasteiger partial charge in [-0.15, -0.1) is 0 Å². The Balaban J connectivity index is 1.58. The number of esters is 1. The molecule has 0 radical (unpaired) electrons. The first kappa shape index (κ1) is 21.7. The molecule has 4 rings (SSSR count). The Morgan fingerprint density at radius 3 is 2.41 bits per heavy atom. The number of nitrogens with one attached hydrogen (secondary N) is 1. The number of amides is 1. The van der Waals surface area contributed by atoms with Gasteiger partial charge in [0.2, 0.25) is 0 Å². The van der Waals surface area contributed by atoms with Crippen molar-refractivity contribution in [3.8, 4) is 0 Å². The van der Waals surface area contributed by atoms with Crippen molar-refractivity contribution >= 4 is 22.6 Å². The number of ether oxygens (including phenoxy) is 1. The highest BCUT2D eigenvalue weighted by atomic mass is 16.5. The number of carbonyl (C=O) groups excluding carboxylic acids is 2. The van der Waals surface area contributed by atoms with E-state index in [0.717, 1.165) is 31.2 Å². The second-order valence-corrected chi connectivity index (χ2v) is 8.23. The van der Waals surface area contributed by atoms with Crippen LogP contribution in [0.4, 0.5) is 0 Å². The van der Waals surface area contributed by atoms with Gasteiger partial charge in [-0.05, 0) is 31.4 Å². The normalized spacial score (nSPS) is 15.3. The van der Waals surface area contributed by atoms with E-state index in [4.69, 9.17) is 4.74 Å². The van der Waals surface area contributed by atoms with Gasteiger partial charge in [-0.1, -0.05) is 67.8 Å². The Labute approximate surface area is 186 Å². The monoisotopic (exact) mass is 433 g/mol. The molecule has 32 heavy (non-hydrogen) atoms. The second-order valence-electron chi connectivity index (χ2n) is 8.23. The van der Waals surface area contributed by atoms with E-state index in [-0.39, 0.29) is 29.7 Å². The van der Waals surface area contributed by atoms with Crippen LogP contribution in [0.3, 0.4) is 0 Å². The maximum Gasteiger partial charge on any atom is 0.360 e. The van der Waals surface area contributed by atoms with E-state index < -0.39 is 12.1 Å². The Morgan fingerprint density at radius 2 is 1.69 bits per heavy atom. The van der Waals surface area contributed by atoms with Gasteiger partial charge in [0, 0.05) is 11.4 Å². The Kier molecular flexibility index (Phi) is 6.63. The molecule has 0 spiro atoms. The summed E-state index contributed by atoms with van der Waals surface area (Å²) in [4.78, 5) is 38.5. The summed E-state index contributed by atoms with van der Waals surface area (Å²) in [7, 11) is 0. The minimum absolute atomic E-state index is 0.0217. The number of nitrogens with zero attached hydrogens (tertiary/aromatic N) is 2. The minimum Gasteiger partial charge on any atom is -0.448 e. The summed E-state index contributed by atoms with van der Waals surface area (Å²) in [5, 5.41) is 8.08. The van der Waals surface area contributed by atoms with Crippen molar-refractivity contribution in [2.24, 2.45) is 0 Å². The lowest BCUT2D eigenvalue weighted by molar-refractivity contribution is -0.130. The minimum atomic E-state index is -0.959. The lowest BCUT2D eigenvalue weighted by atomic mass is 9.95. The fourth-order valence-corrected chi connectivity index (χ4v) is 4.08. The van der Waals surface area contributed by atoms with Crippen LogP contribution >= 0.6 is 0 Å². The van der Waals surface area contributed by atoms with Gasteiger partial charge in [-0.2, -0.15) is 5.10 Å². The molecule has 1 aliphatic rings. The molecule has 7 nitrogen and oxygen atoms in total. The van der Waals surface area contributed by atoms with Gasteiger partial charge in [0.25, 0.3) is 11.5 Å². The van der Waals surface area contributed by atoms with E-state index in [2.05, 4.69) is 10.4 Å². The molecule has 1 saturated carbocycles. The quantitative estimate of drug-likeness (QED) is 0.602. The highest BCUT2D eigenvalue weighted by Crippen LogP contribution is 2.18. The standard InChI is InChI=1S/C25H27N3O4/c1-17(23(29)26-19-12-6-3-7-13-19)32-25(31)22-20-14-8-9-15-21(20)24(30)28(27-22)16-18-10-4-2-5-11-18/h2,4-5,8-11,14-15,17,19H,3,6-7,12-13,16H2,1H3,(H,26,29). The lowest BCUT2D eigenvalue weighted by Crippen LogP contribution is -2.43. The number of fused-ring (bicyclic) bond motifs is 1. The molecule has 2 aromatic carbocycles. The molecule has 0 saturated heterocycles. The Bertz CT molecular complexity index is 1170. The second kappa shape index (κ2) is 9.77. The van der Waals surface area contributed by atoms with Crippen molar-refractivity contribution in [3.05, 3.63) is 76.2 Å². The molecule has 1 aliphatic carbocycles. The summed E-state index contributed by atoms with van der Waals surface area (Å²) >= 11 is 0. The van der Waals surface area contributed by atoms with Crippen LogP contribution < -0.4 is 10.9 Å². The van der Waals surface area contributed by atoms with Gasteiger partial charge in [0.15, 0.2) is 11.8 Å². The molecule has 1 unspecified atom stereocenters. The summed E-state index contributed by atoms with van der Waals surface area (Å²) in [6.07, 6.45) is 4.32. The largest absolute Gasteiger partial charge is 0.448 e. The van der Waals surface area contributed by atoms with Gasteiger partial charge >= 0.3 is 5.97 Å². The lowest BCUT2D eigenvalue weighted by Gasteiger charge is -2.24. The van der Waals surface area contributed by atoms with Gasteiger partial charge in [0.1, 0.15) is 0 Å². The highest BCUT2D eigenvalue weighted by Gasteiger charge is 2.25. The van der Waals surface area contributed by atoms with Crippen LogP contribution in [0, 0.1) is 0 Å². The van der Waals surface area contributed by atoms with Gasteiger partial charge in [0.05, 0.1) is 11.9 Å². The molecular formula is C25H27N3O4. The average molecular weight is 434 g/mol. The zero-order chi connectivity index (χ0) is 22.5. The van der Waals surface area contributed by atoms with Crippen LogP contribution in [-0.4, -0.2) is 33.8 Å². The first-order valence-corrected chi connectivity index (χ1v) is 11.1. The first-order valence-electron chi connectivity index (χ1n) is 11.1. The van der Waals surface area contributed by atoms with Crippen molar-refractivity contribution in [2.45, 2.75) is 57.7 Å². The van der Waals surface area contributed by atoms with E-state index in [9.17, 15) is 14.4 Å². The molecule has 7 heteroatoms. The molecule has 0 aliphatic heterocycles.